The van der Waals surface area contributed by atoms with Gasteiger partial charge >= 0.3 is 0 Å². The summed E-state index contributed by atoms with van der Waals surface area (Å²) in [6.07, 6.45) is 4.44. The van der Waals surface area contributed by atoms with Crippen molar-refractivity contribution in [1.29, 1.82) is 0 Å². The molecular formula is C30H33FN2O4. The summed E-state index contributed by atoms with van der Waals surface area (Å²) in [7, 11) is 1.64. The molecule has 2 aromatic carbocycles. The van der Waals surface area contributed by atoms with E-state index < -0.39 is 11.1 Å². The number of benzene rings is 2. The van der Waals surface area contributed by atoms with E-state index in [1.165, 1.54) is 23.3 Å². The van der Waals surface area contributed by atoms with Crippen molar-refractivity contribution < 1.29 is 23.8 Å². The van der Waals surface area contributed by atoms with Gasteiger partial charge in [0.25, 0.3) is 0 Å². The van der Waals surface area contributed by atoms with Crippen molar-refractivity contribution >= 4 is 5.78 Å². The second-order valence-electron chi connectivity index (χ2n) is 10.7. The van der Waals surface area contributed by atoms with E-state index in [1.54, 1.807) is 32.2 Å². The standard InChI is InChI=1S/C30H33FN2O4/c1-29(32)17-37-28-23(29)16-26(33-27(28)18-8-10-21(31)11-9-18)30(2,35)13-12-24(34)20-14-19-6-4-5-7-22(19)25(15-20)36-3/h8-11,14-16,35H,4-7,12-13,17,32H2,1-3H3/t29-,30-/m1/s1. The van der Waals surface area contributed by atoms with E-state index in [2.05, 4.69) is 0 Å². The van der Waals surface area contributed by atoms with Gasteiger partial charge in [0.05, 0.1) is 18.3 Å². The van der Waals surface area contributed by atoms with Crippen LogP contribution in [-0.2, 0) is 24.0 Å². The normalized spacial score (nSPS) is 19.9. The van der Waals surface area contributed by atoms with E-state index in [9.17, 15) is 14.3 Å². The summed E-state index contributed by atoms with van der Waals surface area (Å²) in [5.74, 6) is 0.886. The van der Waals surface area contributed by atoms with Gasteiger partial charge in [-0.1, -0.05) is 0 Å². The van der Waals surface area contributed by atoms with Crippen LogP contribution < -0.4 is 15.2 Å². The van der Waals surface area contributed by atoms with Gasteiger partial charge in [-0.25, -0.2) is 9.37 Å². The number of methoxy groups -OCH3 is 1. The first-order valence-electron chi connectivity index (χ1n) is 12.8. The summed E-state index contributed by atoms with van der Waals surface area (Å²) < 4.78 is 25.0. The van der Waals surface area contributed by atoms with Crippen molar-refractivity contribution in [1.82, 2.24) is 4.98 Å². The SMILES string of the molecule is COc1cc(C(=O)CC[C@@](C)(O)c2cc3c(c(-c4ccc(F)cc4)n2)OC[C@@]3(C)N)cc2c1CCCC2. The third-order valence-electron chi connectivity index (χ3n) is 7.58. The van der Waals surface area contributed by atoms with Crippen LogP contribution in [0.1, 0.15) is 72.3 Å². The van der Waals surface area contributed by atoms with Crippen molar-refractivity contribution in [2.24, 2.45) is 5.73 Å². The van der Waals surface area contributed by atoms with E-state index in [-0.39, 0.29) is 31.0 Å². The third kappa shape index (κ3) is 4.86. The minimum atomic E-state index is -1.41. The van der Waals surface area contributed by atoms with Gasteiger partial charge in [-0.05, 0) is 99.5 Å². The second kappa shape index (κ2) is 9.54. The minimum Gasteiger partial charge on any atom is -0.496 e. The fourth-order valence-corrected chi connectivity index (χ4v) is 5.28. The number of nitrogens with zero attached hydrogens (tertiary/aromatic N) is 1. The predicted octanol–water partition coefficient (Wildman–Crippen LogP) is 5.21. The third-order valence-corrected chi connectivity index (χ3v) is 7.58. The van der Waals surface area contributed by atoms with Crippen LogP contribution in [0.15, 0.2) is 42.5 Å². The molecule has 0 fully saturated rings. The minimum absolute atomic E-state index is 0.0566. The monoisotopic (exact) mass is 504 g/mol. The molecule has 7 heteroatoms. The lowest BCUT2D eigenvalue weighted by molar-refractivity contribution is 0.0396. The zero-order valence-electron chi connectivity index (χ0n) is 21.6. The Hall–Kier alpha value is -3.29. The summed E-state index contributed by atoms with van der Waals surface area (Å²) in [6, 6.07) is 11.5. The number of hydrogen-bond donors (Lipinski definition) is 2. The van der Waals surface area contributed by atoms with Crippen LogP contribution in [-0.4, -0.2) is 29.6 Å². The Labute approximate surface area is 216 Å². The highest BCUT2D eigenvalue weighted by Crippen LogP contribution is 2.44. The first-order chi connectivity index (χ1) is 17.6. The number of hydrogen-bond acceptors (Lipinski definition) is 6. The molecule has 2 aliphatic rings. The van der Waals surface area contributed by atoms with E-state index >= 15 is 0 Å². The summed E-state index contributed by atoms with van der Waals surface area (Å²) in [6.45, 7) is 3.78. The van der Waals surface area contributed by atoms with Gasteiger partial charge < -0.3 is 20.3 Å². The van der Waals surface area contributed by atoms with Crippen LogP contribution in [0.25, 0.3) is 11.3 Å². The molecule has 0 bridgehead atoms. The second-order valence-corrected chi connectivity index (χ2v) is 10.7. The van der Waals surface area contributed by atoms with Crippen molar-refractivity contribution in [3.05, 3.63) is 76.2 Å². The molecule has 1 aliphatic carbocycles. The molecule has 6 nitrogen and oxygen atoms in total. The summed E-state index contributed by atoms with van der Waals surface area (Å²) in [5.41, 5.74) is 9.55. The molecule has 0 radical (unpaired) electrons. The van der Waals surface area contributed by atoms with Gasteiger partial charge in [0.15, 0.2) is 11.5 Å². The lowest BCUT2D eigenvalue weighted by atomic mass is 9.86. The van der Waals surface area contributed by atoms with Crippen molar-refractivity contribution in [2.75, 3.05) is 13.7 Å². The number of nitrogens with two attached hydrogens (primary N) is 1. The first-order valence-corrected chi connectivity index (χ1v) is 12.8. The van der Waals surface area contributed by atoms with E-state index in [1.807, 2.05) is 19.1 Å². The van der Waals surface area contributed by atoms with Crippen molar-refractivity contribution in [3.63, 3.8) is 0 Å². The molecule has 1 aromatic heterocycles. The fraction of sp³-hybridized carbons (Fsp3) is 0.400. The maximum Gasteiger partial charge on any atom is 0.163 e. The molecule has 3 N–H and O–H groups in total. The maximum atomic E-state index is 13.6. The number of carbonyl (C=O) groups excluding carboxylic acids is 1. The Morgan fingerprint density at radius 2 is 1.95 bits per heavy atom. The molecule has 3 aromatic rings. The Morgan fingerprint density at radius 3 is 2.68 bits per heavy atom. The lowest BCUT2D eigenvalue weighted by Crippen LogP contribution is -2.35. The van der Waals surface area contributed by atoms with E-state index in [4.69, 9.17) is 20.2 Å². The number of aryl methyl sites for hydroxylation is 1. The first kappa shape index (κ1) is 25.4. The van der Waals surface area contributed by atoms with Crippen molar-refractivity contribution in [2.45, 2.75) is 63.5 Å². The van der Waals surface area contributed by atoms with Gasteiger partial charge in [-0.2, -0.15) is 0 Å². The molecule has 37 heavy (non-hydrogen) atoms. The molecule has 0 spiro atoms. The number of Topliss-reactive ketones (excluding diaryl/α,β-unsaturated/α-hetero) is 1. The molecule has 0 saturated heterocycles. The van der Waals surface area contributed by atoms with Gasteiger partial charge in [0.2, 0.25) is 0 Å². The molecule has 0 unspecified atom stereocenters. The van der Waals surface area contributed by atoms with Gasteiger partial charge in [0.1, 0.15) is 29.5 Å². The number of pyridine rings is 1. The highest BCUT2D eigenvalue weighted by molar-refractivity contribution is 5.97. The number of halogens is 1. The molecule has 2 heterocycles. The fourth-order valence-electron chi connectivity index (χ4n) is 5.28. The molecule has 0 saturated carbocycles. The van der Waals surface area contributed by atoms with Crippen LogP contribution >= 0.6 is 0 Å². The van der Waals surface area contributed by atoms with Crippen LogP contribution in [0.2, 0.25) is 0 Å². The number of rotatable bonds is 7. The average molecular weight is 505 g/mol. The average Bonchev–Trinajstić information content (AvgIpc) is 3.21. The number of aliphatic hydroxyl groups is 1. The highest BCUT2D eigenvalue weighted by Gasteiger charge is 2.38. The van der Waals surface area contributed by atoms with Crippen LogP contribution in [0.3, 0.4) is 0 Å². The Balaban J connectivity index is 1.44. The van der Waals surface area contributed by atoms with Crippen LogP contribution in [0.4, 0.5) is 4.39 Å². The zero-order valence-corrected chi connectivity index (χ0v) is 21.6. The van der Waals surface area contributed by atoms with E-state index in [0.717, 1.165) is 37.0 Å². The summed E-state index contributed by atoms with van der Waals surface area (Å²) in [4.78, 5) is 18.0. The molecule has 5 rings (SSSR count). The number of fused-ring (bicyclic) bond motifs is 2. The predicted molar refractivity (Wildman–Crippen MR) is 139 cm³/mol. The molecule has 2 atom stereocenters. The quantitative estimate of drug-likeness (QED) is 0.429. The molecular weight excluding hydrogens is 471 g/mol. The number of carbonyl (C=O) groups is 1. The summed E-state index contributed by atoms with van der Waals surface area (Å²) >= 11 is 0. The highest BCUT2D eigenvalue weighted by atomic mass is 19.1. The van der Waals surface area contributed by atoms with Gasteiger partial charge in [-0.3, -0.25) is 4.79 Å². The molecule has 0 amide bonds. The number of ether oxygens (including phenoxy) is 2. The van der Waals surface area contributed by atoms with Gasteiger partial charge in [-0.15, -0.1) is 0 Å². The maximum absolute atomic E-state index is 13.6. The Kier molecular flexibility index (Phi) is 6.54. The van der Waals surface area contributed by atoms with Crippen molar-refractivity contribution in [3.8, 4) is 22.8 Å². The molecule has 194 valence electrons. The topological polar surface area (TPSA) is 94.7 Å². The molecule has 1 aliphatic heterocycles. The van der Waals surface area contributed by atoms with E-state index in [0.29, 0.717) is 28.3 Å². The smallest absolute Gasteiger partial charge is 0.163 e. The summed E-state index contributed by atoms with van der Waals surface area (Å²) in [5, 5.41) is 11.5. The lowest BCUT2D eigenvalue weighted by Gasteiger charge is -2.26. The Morgan fingerprint density at radius 1 is 1.22 bits per heavy atom. The van der Waals surface area contributed by atoms with Crippen LogP contribution in [0.5, 0.6) is 11.5 Å². The zero-order chi connectivity index (χ0) is 26.4. The van der Waals surface area contributed by atoms with Crippen LogP contribution in [0, 0.1) is 5.82 Å². The number of aromatic nitrogens is 1. The Bertz CT molecular complexity index is 1330. The van der Waals surface area contributed by atoms with Gasteiger partial charge in [0, 0.05) is 23.1 Å². The largest absolute Gasteiger partial charge is 0.496 e. The number of ketones is 1.